The summed E-state index contributed by atoms with van der Waals surface area (Å²) in [5.41, 5.74) is 8.05. The van der Waals surface area contributed by atoms with Gasteiger partial charge in [-0.25, -0.2) is 0 Å². The molecule has 0 spiro atoms. The molecule has 88 valence electrons. The zero-order chi connectivity index (χ0) is 12.3. The molecule has 2 rings (SSSR count). The van der Waals surface area contributed by atoms with Crippen molar-refractivity contribution in [3.63, 3.8) is 0 Å². The van der Waals surface area contributed by atoms with Crippen LogP contribution in [0, 0.1) is 0 Å². The van der Waals surface area contributed by atoms with Crippen molar-refractivity contribution in [1.29, 1.82) is 0 Å². The lowest BCUT2D eigenvalue weighted by Gasteiger charge is -2.13. The number of hydrogen-bond acceptors (Lipinski definition) is 3. The first kappa shape index (κ1) is 11.9. The molecule has 0 radical (unpaired) electrons. The first-order valence-electron chi connectivity index (χ1n) is 5.21. The summed E-state index contributed by atoms with van der Waals surface area (Å²) in [4.78, 5) is 4.05. The van der Waals surface area contributed by atoms with Crippen molar-refractivity contribution in [2.75, 3.05) is 7.11 Å². The molecule has 17 heavy (non-hydrogen) atoms. The third-order valence-electron chi connectivity index (χ3n) is 2.58. The molecule has 0 aliphatic carbocycles. The second-order valence-electron chi connectivity index (χ2n) is 3.66. The molecular weight excluding hydrogens is 236 g/mol. The van der Waals surface area contributed by atoms with Crippen molar-refractivity contribution in [3.8, 4) is 5.75 Å². The minimum atomic E-state index is -0.227. The Morgan fingerprint density at radius 3 is 2.76 bits per heavy atom. The Balaban J connectivity index is 2.34. The molecule has 1 atom stereocenters. The fourth-order valence-electron chi connectivity index (χ4n) is 1.62. The second kappa shape index (κ2) is 5.17. The van der Waals surface area contributed by atoms with Gasteiger partial charge in [0.1, 0.15) is 5.75 Å². The van der Waals surface area contributed by atoms with Crippen LogP contribution in [-0.2, 0) is 0 Å². The van der Waals surface area contributed by atoms with Crippen LogP contribution in [0.2, 0.25) is 5.02 Å². The maximum atomic E-state index is 6.15. The molecule has 0 aliphatic rings. The van der Waals surface area contributed by atoms with Gasteiger partial charge >= 0.3 is 0 Å². The zero-order valence-corrected chi connectivity index (χ0v) is 10.2. The lowest BCUT2D eigenvalue weighted by molar-refractivity contribution is 0.414. The Labute approximate surface area is 105 Å². The monoisotopic (exact) mass is 248 g/mol. The van der Waals surface area contributed by atoms with Gasteiger partial charge in [0, 0.05) is 12.4 Å². The summed E-state index contributed by atoms with van der Waals surface area (Å²) in [6.07, 6.45) is 3.48. The minimum Gasteiger partial charge on any atom is -0.495 e. The highest BCUT2D eigenvalue weighted by atomic mass is 35.5. The Morgan fingerprint density at radius 1 is 1.29 bits per heavy atom. The largest absolute Gasteiger partial charge is 0.495 e. The van der Waals surface area contributed by atoms with Gasteiger partial charge in [-0.05, 0) is 29.3 Å². The molecule has 0 amide bonds. The number of pyridine rings is 1. The normalized spacial score (nSPS) is 12.2. The predicted molar refractivity (Wildman–Crippen MR) is 68.3 cm³/mol. The van der Waals surface area contributed by atoms with E-state index in [0.29, 0.717) is 10.8 Å². The first-order chi connectivity index (χ1) is 8.22. The Morgan fingerprint density at radius 2 is 2.12 bits per heavy atom. The zero-order valence-electron chi connectivity index (χ0n) is 9.43. The molecule has 0 saturated heterocycles. The summed E-state index contributed by atoms with van der Waals surface area (Å²) in [5.74, 6) is 0.628. The lowest BCUT2D eigenvalue weighted by atomic mass is 10.0. The Hall–Kier alpha value is -1.58. The van der Waals surface area contributed by atoms with E-state index in [0.717, 1.165) is 11.1 Å². The topological polar surface area (TPSA) is 48.1 Å². The van der Waals surface area contributed by atoms with Gasteiger partial charge in [-0.3, -0.25) is 4.98 Å². The van der Waals surface area contributed by atoms with Gasteiger partial charge in [0.25, 0.3) is 0 Å². The molecular formula is C13H13ClN2O. The standard InChI is InChI=1S/C13H13ClN2O/c1-17-12-7-9(4-5-11(12)14)13(15)10-3-2-6-16-8-10/h2-8,13H,15H2,1H3. The summed E-state index contributed by atoms with van der Waals surface area (Å²) in [5, 5.41) is 0.578. The molecule has 0 bridgehead atoms. The quantitative estimate of drug-likeness (QED) is 0.909. The molecule has 3 nitrogen and oxygen atoms in total. The van der Waals surface area contributed by atoms with Crippen LogP contribution in [0.15, 0.2) is 42.7 Å². The summed E-state index contributed by atoms with van der Waals surface area (Å²) in [6.45, 7) is 0. The first-order valence-corrected chi connectivity index (χ1v) is 5.59. The summed E-state index contributed by atoms with van der Waals surface area (Å²) in [6, 6.07) is 9.10. The van der Waals surface area contributed by atoms with Gasteiger partial charge in [-0.2, -0.15) is 0 Å². The van der Waals surface area contributed by atoms with Crippen LogP contribution in [0.5, 0.6) is 5.75 Å². The number of hydrogen-bond donors (Lipinski definition) is 1. The van der Waals surface area contributed by atoms with Gasteiger partial charge < -0.3 is 10.5 Å². The number of methoxy groups -OCH3 is 1. The van der Waals surface area contributed by atoms with Crippen molar-refractivity contribution >= 4 is 11.6 Å². The predicted octanol–water partition coefficient (Wildman–Crippen LogP) is 2.79. The number of rotatable bonds is 3. The van der Waals surface area contributed by atoms with Crippen molar-refractivity contribution in [2.45, 2.75) is 6.04 Å². The number of ether oxygens (including phenoxy) is 1. The van der Waals surface area contributed by atoms with Crippen LogP contribution in [0.25, 0.3) is 0 Å². The second-order valence-corrected chi connectivity index (χ2v) is 4.07. The Kier molecular flexibility index (Phi) is 3.61. The highest BCUT2D eigenvalue weighted by Gasteiger charge is 2.11. The van der Waals surface area contributed by atoms with Gasteiger partial charge in [0.15, 0.2) is 0 Å². The van der Waals surface area contributed by atoms with Crippen LogP contribution in [-0.4, -0.2) is 12.1 Å². The Bertz CT molecular complexity index is 502. The number of nitrogens with two attached hydrogens (primary N) is 1. The van der Waals surface area contributed by atoms with Crippen LogP contribution in [0.4, 0.5) is 0 Å². The van der Waals surface area contributed by atoms with Gasteiger partial charge in [-0.15, -0.1) is 0 Å². The minimum absolute atomic E-state index is 0.227. The smallest absolute Gasteiger partial charge is 0.137 e. The molecule has 1 aromatic heterocycles. The summed E-state index contributed by atoms with van der Waals surface area (Å²) >= 11 is 5.97. The van der Waals surface area contributed by atoms with Crippen molar-refractivity contribution in [1.82, 2.24) is 4.98 Å². The fourth-order valence-corrected chi connectivity index (χ4v) is 1.82. The maximum Gasteiger partial charge on any atom is 0.137 e. The van der Waals surface area contributed by atoms with Gasteiger partial charge in [-0.1, -0.05) is 23.7 Å². The van der Waals surface area contributed by atoms with Crippen LogP contribution in [0.1, 0.15) is 17.2 Å². The highest BCUT2D eigenvalue weighted by Crippen LogP contribution is 2.29. The van der Waals surface area contributed by atoms with E-state index in [1.165, 1.54) is 0 Å². The van der Waals surface area contributed by atoms with E-state index >= 15 is 0 Å². The van der Waals surface area contributed by atoms with Gasteiger partial charge in [0.05, 0.1) is 18.2 Å². The van der Waals surface area contributed by atoms with E-state index in [1.807, 2.05) is 24.3 Å². The van der Waals surface area contributed by atoms with E-state index in [2.05, 4.69) is 4.98 Å². The molecule has 1 unspecified atom stereocenters. The molecule has 0 aliphatic heterocycles. The van der Waals surface area contributed by atoms with E-state index in [9.17, 15) is 0 Å². The van der Waals surface area contributed by atoms with E-state index in [4.69, 9.17) is 22.1 Å². The molecule has 4 heteroatoms. The number of halogens is 1. The third-order valence-corrected chi connectivity index (χ3v) is 2.89. The lowest BCUT2D eigenvalue weighted by Crippen LogP contribution is -2.12. The SMILES string of the molecule is COc1cc(C(N)c2cccnc2)ccc1Cl. The molecule has 0 saturated carbocycles. The number of nitrogens with zero attached hydrogens (tertiary/aromatic N) is 1. The average molecular weight is 249 g/mol. The number of benzene rings is 1. The van der Waals surface area contributed by atoms with Crippen LogP contribution < -0.4 is 10.5 Å². The van der Waals surface area contributed by atoms with Gasteiger partial charge in [0.2, 0.25) is 0 Å². The highest BCUT2D eigenvalue weighted by molar-refractivity contribution is 6.32. The van der Waals surface area contributed by atoms with E-state index in [1.54, 1.807) is 25.6 Å². The molecule has 0 fully saturated rings. The van der Waals surface area contributed by atoms with Crippen LogP contribution in [0.3, 0.4) is 0 Å². The summed E-state index contributed by atoms with van der Waals surface area (Å²) < 4.78 is 5.17. The molecule has 1 heterocycles. The van der Waals surface area contributed by atoms with E-state index < -0.39 is 0 Å². The fraction of sp³-hybridized carbons (Fsp3) is 0.154. The average Bonchev–Trinajstić information content (AvgIpc) is 2.39. The van der Waals surface area contributed by atoms with Crippen molar-refractivity contribution in [2.24, 2.45) is 5.73 Å². The molecule has 2 aromatic rings. The maximum absolute atomic E-state index is 6.15. The van der Waals surface area contributed by atoms with Crippen molar-refractivity contribution in [3.05, 3.63) is 58.9 Å². The molecule has 1 aromatic carbocycles. The third kappa shape index (κ3) is 2.57. The van der Waals surface area contributed by atoms with Crippen LogP contribution >= 0.6 is 11.6 Å². The van der Waals surface area contributed by atoms with Crippen molar-refractivity contribution < 1.29 is 4.74 Å². The summed E-state index contributed by atoms with van der Waals surface area (Å²) in [7, 11) is 1.58. The number of aromatic nitrogens is 1. The molecule has 2 N–H and O–H groups in total. The van der Waals surface area contributed by atoms with E-state index in [-0.39, 0.29) is 6.04 Å².